The SMILES string of the molecule is COc1ccc(CN2CCCC3(CCN(c4ccsc4)C3=O)C2)cc1.O=C(O)C(F)(F)F. The van der Waals surface area contributed by atoms with Crippen LogP contribution in [0, 0.1) is 5.41 Å². The van der Waals surface area contributed by atoms with Crippen molar-refractivity contribution in [3.8, 4) is 5.75 Å². The van der Waals surface area contributed by atoms with Gasteiger partial charge in [0.1, 0.15) is 5.75 Å². The van der Waals surface area contributed by atoms with Crippen LogP contribution in [0.1, 0.15) is 24.8 Å². The van der Waals surface area contributed by atoms with Crippen molar-refractivity contribution < 1.29 is 32.6 Å². The summed E-state index contributed by atoms with van der Waals surface area (Å²) < 4.78 is 37.0. The Kier molecular flexibility index (Phi) is 7.45. The Bertz CT molecular complexity index is 918. The lowest BCUT2D eigenvalue weighted by atomic mass is 9.78. The van der Waals surface area contributed by atoms with Crippen LogP contribution >= 0.6 is 11.3 Å². The molecule has 2 saturated heterocycles. The summed E-state index contributed by atoms with van der Waals surface area (Å²) in [7, 11) is 1.69. The Labute approximate surface area is 188 Å². The Morgan fingerprint density at radius 1 is 1.19 bits per heavy atom. The molecule has 174 valence electrons. The van der Waals surface area contributed by atoms with Gasteiger partial charge in [-0.3, -0.25) is 9.69 Å². The van der Waals surface area contributed by atoms with Crippen molar-refractivity contribution >= 4 is 28.9 Å². The van der Waals surface area contributed by atoms with Gasteiger partial charge in [-0.25, -0.2) is 4.79 Å². The first-order chi connectivity index (χ1) is 15.1. The van der Waals surface area contributed by atoms with Crippen LogP contribution in [0.4, 0.5) is 18.9 Å². The van der Waals surface area contributed by atoms with E-state index in [0.29, 0.717) is 5.91 Å². The van der Waals surface area contributed by atoms with Crippen LogP contribution in [0.3, 0.4) is 0 Å². The zero-order valence-electron chi connectivity index (χ0n) is 17.6. The highest BCUT2D eigenvalue weighted by atomic mass is 32.1. The predicted octanol–water partition coefficient (Wildman–Crippen LogP) is 4.41. The molecule has 1 aromatic carbocycles. The quantitative estimate of drug-likeness (QED) is 0.717. The van der Waals surface area contributed by atoms with Gasteiger partial charge < -0.3 is 14.7 Å². The van der Waals surface area contributed by atoms with E-state index in [1.54, 1.807) is 18.4 Å². The molecule has 1 spiro atoms. The summed E-state index contributed by atoms with van der Waals surface area (Å²) >= 11 is 1.65. The number of amides is 1. The number of alkyl halides is 3. The molecule has 4 rings (SSSR count). The van der Waals surface area contributed by atoms with E-state index in [0.717, 1.165) is 56.9 Å². The van der Waals surface area contributed by atoms with E-state index >= 15 is 0 Å². The minimum atomic E-state index is -5.08. The van der Waals surface area contributed by atoms with Crippen molar-refractivity contribution in [2.24, 2.45) is 5.41 Å². The van der Waals surface area contributed by atoms with Crippen LogP contribution in [0.5, 0.6) is 5.75 Å². The number of hydrogen-bond acceptors (Lipinski definition) is 5. The standard InChI is InChI=1S/C20H24N2O2S.C2HF3O2/c1-24-18-5-3-16(4-6-18)13-21-10-2-8-20(15-21)9-11-22(19(20)23)17-7-12-25-14-17;3-2(4,5)1(6)7/h3-7,12,14H,2,8-11,13,15H2,1H3;(H,6,7). The first-order valence-electron chi connectivity index (χ1n) is 10.1. The fourth-order valence-corrected chi connectivity index (χ4v) is 4.85. The summed E-state index contributed by atoms with van der Waals surface area (Å²) in [5.41, 5.74) is 2.16. The van der Waals surface area contributed by atoms with Crippen LogP contribution in [0.25, 0.3) is 0 Å². The highest BCUT2D eigenvalue weighted by Crippen LogP contribution is 2.42. The molecular weight excluding hydrogens is 445 g/mol. The van der Waals surface area contributed by atoms with Gasteiger partial charge in [0.05, 0.1) is 18.2 Å². The zero-order valence-corrected chi connectivity index (χ0v) is 18.4. The first-order valence-corrected chi connectivity index (χ1v) is 11.1. The number of anilines is 1. The maximum Gasteiger partial charge on any atom is 0.490 e. The number of aliphatic carboxylic acids is 1. The molecule has 0 saturated carbocycles. The summed E-state index contributed by atoms with van der Waals surface area (Å²) in [6.45, 7) is 3.70. The average Bonchev–Trinajstić information content (AvgIpc) is 3.38. The second kappa shape index (κ2) is 9.91. The molecule has 6 nitrogen and oxygen atoms in total. The summed E-state index contributed by atoms with van der Waals surface area (Å²) in [6.07, 6.45) is -1.99. The highest BCUT2D eigenvalue weighted by Gasteiger charge is 2.49. The molecule has 0 aliphatic carbocycles. The molecule has 2 aliphatic heterocycles. The molecule has 2 aromatic rings. The van der Waals surface area contributed by atoms with Gasteiger partial charge in [0.2, 0.25) is 5.91 Å². The Hall–Kier alpha value is -2.59. The average molecular weight is 471 g/mol. The van der Waals surface area contributed by atoms with E-state index < -0.39 is 12.1 Å². The Morgan fingerprint density at radius 2 is 1.88 bits per heavy atom. The highest BCUT2D eigenvalue weighted by molar-refractivity contribution is 7.08. The molecule has 1 N–H and O–H groups in total. The summed E-state index contributed by atoms with van der Waals surface area (Å²) in [4.78, 5) is 26.5. The molecule has 10 heteroatoms. The number of halogens is 3. The summed E-state index contributed by atoms with van der Waals surface area (Å²) in [6, 6.07) is 10.3. The van der Waals surface area contributed by atoms with Crippen LogP contribution in [0.2, 0.25) is 0 Å². The van der Waals surface area contributed by atoms with Gasteiger partial charge >= 0.3 is 12.1 Å². The number of hydrogen-bond donors (Lipinski definition) is 1. The molecule has 3 heterocycles. The number of carbonyl (C=O) groups excluding carboxylic acids is 1. The number of thiophene rings is 1. The number of benzene rings is 1. The lowest BCUT2D eigenvalue weighted by Crippen LogP contribution is -2.47. The Balaban J connectivity index is 0.000000360. The van der Waals surface area contributed by atoms with E-state index in [1.165, 1.54) is 5.56 Å². The fourth-order valence-electron chi connectivity index (χ4n) is 4.21. The normalized spacial score (nSPS) is 21.4. The van der Waals surface area contributed by atoms with Crippen molar-refractivity contribution in [2.75, 3.05) is 31.6 Å². The van der Waals surface area contributed by atoms with E-state index in [4.69, 9.17) is 14.6 Å². The minimum Gasteiger partial charge on any atom is -0.497 e. The van der Waals surface area contributed by atoms with E-state index in [2.05, 4.69) is 28.5 Å². The molecule has 1 atom stereocenters. The van der Waals surface area contributed by atoms with Gasteiger partial charge in [0.25, 0.3) is 0 Å². The topological polar surface area (TPSA) is 70.1 Å². The number of carboxylic acids is 1. The fraction of sp³-hybridized carbons (Fsp3) is 0.455. The van der Waals surface area contributed by atoms with Crippen LogP contribution < -0.4 is 9.64 Å². The number of carboxylic acid groups (broad SMARTS) is 1. The summed E-state index contributed by atoms with van der Waals surface area (Å²) in [5, 5.41) is 11.2. The molecular formula is C22H25F3N2O4S. The molecule has 1 unspecified atom stereocenters. The molecule has 32 heavy (non-hydrogen) atoms. The van der Waals surface area contributed by atoms with Gasteiger partial charge in [-0.15, -0.1) is 0 Å². The van der Waals surface area contributed by atoms with Crippen molar-refractivity contribution in [2.45, 2.75) is 32.0 Å². The number of methoxy groups -OCH3 is 1. The van der Waals surface area contributed by atoms with Gasteiger partial charge in [-0.2, -0.15) is 24.5 Å². The van der Waals surface area contributed by atoms with E-state index in [9.17, 15) is 18.0 Å². The maximum absolute atomic E-state index is 13.1. The lowest BCUT2D eigenvalue weighted by Gasteiger charge is -2.39. The van der Waals surface area contributed by atoms with Crippen molar-refractivity contribution in [1.29, 1.82) is 0 Å². The Morgan fingerprint density at radius 3 is 2.44 bits per heavy atom. The monoisotopic (exact) mass is 470 g/mol. The number of likely N-dealkylation sites (tertiary alicyclic amines) is 1. The predicted molar refractivity (Wildman–Crippen MR) is 115 cm³/mol. The molecule has 1 amide bonds. The molecule has 2 aliphatic rings. The third-order valence-corrected chi connectivity index (χ3v) is 6.47. The molecule has 0 radical (unpaired) electrons. The van der Waals surface area contributed by atoms with Crippen molar-refractivity contribution in [3.63, 3.8) is 0 Å². The van der Waals surface area contributed by atoms with Crippen LogP contribution in [0.15, 0.2) is 41.1 Å². The number of nitrogens with zero attached hydrogens (tertiary/aromatic N) is 2. The van der Waals surface area contributed by atoms with Crippen molar-refractivity contribution in [3.05, 3.63) is 46.7 Å². The largest absolute Gasteiger partial charge is 0.497 e. The number of piperidine rings is 1. The smallest absolute Gasteiger partial charge is 0.490 e. The minimum absolute atomic E-state index is 0.188. The van der Waals surface area contributed by atoms with Crippen LogP contribution in [-0.2, 0) is 16.1 Å². The van der Waals surface area contributed by atoms with E-state index in [1.807, 2.05) is 22.4 Å². The number of ether oxygens (including phenoxy) is 1. The first kappa shape index (κ1) is 24.1. The summed E-state index contributed by atoms with van der Waals surface area (Å²) in [5.74, 6) is -1.55. The van der Waals surface area contributed by atoms with E-state index in [-0.39, 0.29) is 5.41 Å². The van der Waals surface area contributed by atoms with Gasteiger partial charge in [0, 0.05) is 25.0 Å². The molecule has 0 bridgehead atoms. The molecule has 1 aromatic heterocycles. The van der Waals surface area contributed by atoms with Gasteiger partial charge in [-0.1, -0.05) is 12.1 Å². The van der Waals surface area contributed by atoms with Crippen LogP contribution in [-0.4, -0.2) is 54.8 Å². The molecule has 2 fully saturated rings. The number of carbonyl (C=O) groups is 2. The number of rotatable bonds is 4. The second-order valence-corrected chi connectivity index (χ2v) is 8.71. The second-order valence-electron chi connectivity index (χ2n) is 7.93. The lowest BCUT2D eigenvalue weighted by molar-refractivity contribution is -0.192. The van der Waals surface area contributed by atoms with Gasteiger partial charge in [0.15, 0.2) is 0 Å². The third-order valence-electron chi connectivity index (χ3n) is 5.79. The maximum atomic E-state index is 13.1. The third kappa shape index (κ3) is 5.60. The van der Waals surface area contributed by atoms with Gasteiger partial charge in [-0.05, 0) is 54.9 Å². The zero-order chi connectivity index (χ0) is 23.4. The van der Waals surface area contributed by atoms with Crippen molar-refractivity contribution in [1.82, 2.24) is 4.90 Å².